The number of hydrogen-bond donors (Lipinski definition) is 1. The van der Waals surface area contributed by atoms with Crippen LogP contribution in [0.3, 0.4) is 0 Å². The summed E-state index contributed by atoms with van der Waals surface area (Å²) >= 11 is 0. The van der Waals surface area contributed by atoms with Crippen LogP contribution in [0.25, 0.3) is 0 Å². The number of non-ortho nitro benzene ring substituents is 1. The van der Waals surface area contributed by atoms with Gasteiger partial charge in [0.05, 0.1) is 10.6 Å². The average molecular weight is 390 g/mol. The number of carbonyl (C=O) groups excluding carboxylic acids is 2. The Morgan fingerprint density at radius 1 is 1.18 bits per heavy atom. The van der Waals surface area contributed by atoms with Gasteiger partial charge in [-0.3, -0.25) is 14.9 Å². The summed E-state index contributed by atoms with van der Waals surface area (Å²) < 4.78 is 23.4. The van der Waals surface area contributed by atoms with Gasteiger partial charge in [0.1, 0.15) is 11.6 Å². The summed E-state index contributed by atoms with van der Waals surface area (Å²) in [5.41, 5.74) is -0.728. The SMILES string of the molecule is Cc1ccc([N+](=O)[O-])cc1NC(=O)COC(=O)C(C)(C)Oc1ccc(F)cc1. The first-order valence-corrected chi connectivity index (χ1v) is 8.25. The number of halogens is 1. The molecule has 0 atom stereocenters. The van der Waals surface area contributed by atoms with E-state index in [4.69, 9.17) is 9.47 Å². The second kappa shape index (κ2) is 8.47. The minimum absolute atomic E-state index is 0.174. The van der Waals surface area contributed by atoms with Crippen LogP contribution in [0.4, 0.5) is 15.8 Å². The topological polar surface area (TPSA) is 108 Å². The number of anilines is 1. The molecule has 28 heavy (non-hydrogen) atoms. The maximum Gasteiger partial charge on any atom is 0.350 e. The molecule has 0 fully saturated rings. The first-order chi connectivity index (χ1) is 13.1. The van der Waals surface area contributed by atoms with Gasteiger partial charge in [-0.1, -0.05) is 6.07 Å². The van der Waals surface area contributed by atoms with Crippen molar-refractivity contribution in [1.82, 2.24) is 0 Å². The first kappa shape index (κ1) is 20.8. The summed E-state index contributed by atoms with van der Waals surface area (Å²) in [6.07, 6.45) is 0. The lowest BCUT2D eigenvalue weighted by Gasteiger charge is -2.24. The normalized spacial score (nSPS) is 10.9. The Morgan fingerprint density at radius 3 is 2.43 bits per heavy atom. The van der Waals surface area contributed by atoms with E-state index in [-0.39, 0.29) is 17.1 Å². The number of ether oxygens (including phenoxy) is 2. The Bertz CT molecular complexity index is 896. The predicted octanol–water partition coefficient (Wildman–Crippen LogP) is 3.38. The van der Waals surface area contributed by atoms with Gasteiger partial charge < -0.3 is 14.8 Å². The molecule has 2 rings (SSSR count). The third-order valence-electron chi connectivity index (χ3n) is 3.72. The molecular weight excluding hydrogens is 371 g/mol. The molecule has 9 heteroatoms. The molecule has 0 unspecified atom stereocenters. The van der Waals surface area contributed by atoms with Crippen LogP contribution in [0.15, 0.2) is 42.5 Å². The highest BCUT2D eigenvalue weighted by Crippen LogP contribution is 2.22. The van der Waals surface area contributed by atoms with E-state index in [0.717, 1.165) is 0 Å². The number of benzene rings is 2. The van der Waals surface area contributed by atoms with Gasteiger partial charge in [-0.25, -0.2) is 9.18 Å². The number of hydrogen-bond acceptors (Lipinski definition) is 6. The van der Waals surface area contributed by atoms with Crippen molar-refractivity contribution in [2.24, 2.45) is 0 Å². The lowest BCUT2D eigenvalue weighted by atomic mass is 10.1. The van der Waals surface area contributed by atoms with E-state index in [1.165, 1.54) is 56.3 Å². The van der Waals surface area contributed by atoms with E-state index in [2.05, 4.69) is 5.32 Å². The number of nitrogens with zero attached hydrogens (tertiary/aromatic N) is 1. The summed E-state index contributed by atoms with van der Waals surface area (Å²) in [4.78, 5) is 34.5. The highest BCUT2D eigenvalue weighted by Gasteiger charge is 2.32. The monoisotopic (exact) mass is 390 g/mol. The summed E-state index contributed by atoms with van der Waals surface area (Å²) in [5.74, 6) is -1.64. The Kier molecular flexibility index (Phi) is 6.29. The molecule has 0 saturated carbocycles. The Labute approximate surface area is 160 Å². The fourth-order valence-corrected chi connectivity index (χ4v) is 2.19. The van der Waals surface area contributed by atoms with Crippen molar-refractivity contribution in [3.8, 4) is 5.75 Å². The van der Waals surface area contributed by atoms with Gasteiger partial charge in [-0.05, 0) is 50.6 Å². The summed E-state index contributed by atoms with van der Waals surface area (Å²) in [6, 6.07) is 9.14. The van der Waals surface area contributed by atoms with Crippen LogP contribution in [-0.2, 0) is 14.3 Å². The quantitative estimate of drug-likeness (QED) is 0.441. The van der Waals surface area contributed by atoms with Crippen molar-refractivity contribution in [3.05, 3.63) is 64.0 Å². The van der Waals surface area contributed by atoms with Crippen LogP contribution in [0.5, 0.6) is 5.75 Å². The number of rotatable bonds is 7. The maximum absolute atomic E-state index is 12.9. The van der Waals surface area contributed by atoms with Crippen LogP contribution in [0.1, 0.15) is 19.4 Å². The zero-order chi connectivity index (χ0) is 20.9. The van der Waals surface area contributed by atoms with Gasteiger partial charge in [-0.15, -0.1) is 0 Å². The molecule has 1 amide bonds. The van der Waals surface area contributed by atoms with Crippen LogP contribution < -0.4 is 10.1 Å². The second-order valence-corrected chi connectivity index (χ2v) is 6.45. The molecule has 0 aliphatic carbocycles. The van der Waals surface area contributed by atoms with Crippen LogP contribution in [-0.4, -0.2) is 29.0 Å². The van der Waals surface area contributed by atoms with E-state index in [0.29, 0.717) is 5.56 Å². The van der Waals surface area contributed by atoms with E-state index in [1.54, 1.807) is 6.92 Å². The number of nitro benzene ring substituents is 1. The molecule has 2 aromatic rings. The fraction of sp³-hybridized carbons (Fsp3) is 0.263. The molecule has 0 aromatic heterocycles. The average Bonchev–Trinajstić information content (AvgIpc) is 2.63. The number of nitro groups is 1. The molecule has 0 aliphatic rings. The zero-order valence-electron chi connectivity index (χ0n) is 15.5. The molecule has 0 bridgehead atoms. The van der Waals surface area contributed by atoms with Crippen molar-refractivity contribution >= 4 is 23.3 Å². The lowest BCUT2D eigenvalue weighted by Crippen LogP contribution is -2.41. The van der Waals surface area contributed by atoms with Gasteiger partial charge in [0.25, 0.3) is 11.6 Å². The zero-order valence-corrected chi connectivity index (χ0v) is 15.5. The number of amides is 1. The Hall–Kier alpha value is -3.49. The fourth-order valence-electron chi connectivity index (χ4n) is 2.19. The van der Waals surface area contributed by atoms with Crippen molar-refractivity contribution in [2.75, 3.05) is 11.9 Å². The van der Waals surface area contributed by atoms with Gasteiger partial charge in [0, 0.05) is 12.1 Å². The summed E-state index contributed by atoms with van der Waals surface area (Å²) in [5, 5.41) is 13.3. The maximum atomic E-state index is 12.9. The van der Waals surface area contributed by atoms with Crippen molar-refractivity contribution < 1.29 is 28.4 Å². The van der Waals surface area contributed by atoms with E-state index >= 15 is 0 Å². The molecular formula is C19H19FN2O6. The molecule has 0 saturated heterocycles. The van der Waals surface area contributed by atoms with Crippen molar-refractivity contribution in [3.63, 3.8) is 0 Å². The molecule has 0 radical (unpaired) electrons. The van der Waals surface area contributed by atoms with Crippen LogP contribution in [0, 0.1) is 22.9 Å². The van der Waals surface area contributed by atoms with E-state index < -0.39 is 34.8 Å². The molecule has 0 spiro atoms. The van der Waals surface area contributed by atoms with Crippen molar-refractivity contribution in [1.29, 1.82) is 0 Å². The number of esters is 1. The third-order valence-corrected chi connectivity index (χ3v) is 3.72. The number of aryl methyl sites for hydroxylation is 1. The number of nitrogens with one attached hydrogen (secondary N) is 1. The van der Waals surface area contributed by atoms with Crippen molar-refractivity contribution in [2.45, 2.75) is 26.4 Å². The molecule has 0 heterocycles. The van der Waals surface area contributed by atoms with Crippen LogP contribution in [0.2, 0.25) is 0 Å². The Morgan fingerprint density at radius 2 is 1.82 bits per heavy atom. The van der Waals surface area contributed by atoms with E-state index in [9.17, 15) is 24.1 Å². The third kappa shape index (κ3) is 5.50. The minimum atomic E-state index is -1.42. The summed E-state index contributed by atoms with van der Waals surface area (Å²) in [7, 11) is 0. The minimum Gasteiger partial charge on any atom is -0.476 e. The molecule has 148 valence electrons. The Balaban J connectivity index is 1.94. The largest absolute Gasteiger partial charge is 0.476 e. The van der Waals surface area contributed by atoms with Gasteiger partial charge in [0.15, 0.2) is 12.2 Å². The standard InChI is InChI=1S/C19H19FN2O6/c1-12-4-7-14(22(25)26)10-16(12)21-17(23)11-27-18(24)19(2,3)28-15-8-5-13(20)6-9-15/h4-10H,11H2,1-3H3,(H,21,23). The molecule has 2 aromatic carbocycles. The number of carbonyl (C=O) groups is 2. The first-order valence-electron chi connectivity index (χ1n) is 8.25. The van der Waals surface area contributed by atoms with Crippen LogP contribution >= 0.6 is 0 Å². The predicted molar refractivity (Wildman–Crippen MR) is 98.5 cm³/mol. The molecule has 8 nitrogen and oxygen atoms in total. The highest BCUT2D eigenvalue weighted by atomic mass is 19.1. The second-order valence-electron chi connectivity index (χ2n) is 6.45. The van der Waals surface area contributed by atoms with E-state index in [1.807, 2.05) is 0 Å². The highest BCUT2D eigenvalue weighted by molar-refractivity contribution is 5.94. The lowest BCUT2D eigenvalue weighted by molar-refractivity contribution is -0.384. The molecule has 0 aliphatic heterocycles. The summed E-state index contributed by atoms with van der Waals surface area (Å²) in [6.45, 7) is 3.96. The molecule has 1 N–H and O–H groups in total. The van der Waals surface area contributed by atoms with Gasteiger partial charge >= 0.3 is 5.97 Å². The smallest absolute Gasteiger partial charge is 0.350 e. The van der Waals surface area contributed by atoms with Gasteiger partial charge in [0.2, 0.25) is 0 Å². The van der Waals surface area contributed by atoms with Gasteiger partial charge in [-0.2, -0.15) is 0 Å².